The van der Waals surface area contributed by atoms with Gasteiger partial charge in [0.15, 0.2) is 0 Å². The summed E-state index contributed by atoms with van der Waals surface area (Å²) in [6.45, 7) is 13.3. The van der Waals surface area contributed by atoms with Crippen LogP contribution in [-0.4, -0.2) is 20.2 Å². The third kappa shape index (κ3) is 4.36. The Labute approximate surface area is 159 Å². The summed E-state index contributed by atoms with van der Waals surface area (Å²) in [6, 6.07) is 21.4. The van der Waals surface area contributed by atoms with E-state index in [4.69, 9.17) is 0 Å². The molecule has 0 aromatic heterocycles. The first-order valence-corrected chi connectivity index (χ1v) is 12.7. The second kappa shape index (κ2) is 7.38. The predicted octanol–water partition coefficient (Wildman–Crippen LogP) is 4.05. The zero-order valence-corrected chi connectivity index (χ0v) is 18.7. The van der Waals surface area contributed by atoms with E-state index in [1.54, 1.807) is 10.5 Å². The van der Waals surface area contributed by atoms with Crippen molar-refractivity contribution >= 4 is 30.7 Å². The molecular formula is C24H27Sb. The molecule has 0 nitrogen and oxygen atoms in total. The molecule has 0 atom stereocenters. The minimum atomic E-state index is -2.04. The summed E-state index contributed by atoms with van der Waals surface area (Å²) in [4.78, 5) is 0. The third-order valence-electron chi connectivity index (χ3n) is 4.39. The van der Waals surface area contributed by atoms with Crippen molar-refractivity contribution in [3.63, 3.8) is 0 Å². The molecule has 3 aromatic rings. The van der Waals surface area contributed by atoms with Gasteiger partial charge in [0.25, 0.3) is 0 Å². The SMILES string of the molecule is Cc1cc(C)c[c]([Sb]([c]2cc(C)cc(C)c2)[c]2cc(C)cc(C)c2)c1. The molecule has 0 spiro atoms. The third-order valence-corrected chi connectivity index (χ3v) is 11.0. The molecule has 0 amide bonds. The van der Waals surface area contributed by atoms with Crippen LogP contribution in [0.1, 0.15) is 33.4 Å². The molecule has 0 saturated carbocycles. The van der Waals surface area contributed by atoms with Crippen LogP contribution in [0.2, 0.25) is 0 Å². The maximum atomic E-state index is 2.42. The molecule has 0 heterocycles. The van der Waals surface area contributed by atoms with Crippen molar-refractivity contribution < 1.29 is 0 Å². The maximum absolute atomic E-state index is 2.42. The first-order valence-electron chi connectivity index (χ1n) is 8.87. The van der Waals surface area contributed by atoms with Gasteiger partial charge < -0.3 is 0 Å². The summed E-state index contributed by atoms with van der Waals surface area (Å²) in [7, 11) is 0. The van der Waals surface area contributed by atoms with E-state index in [-0.39, 0.29) is 0 Å². The van der Waals surface area contributed by atoms with E-state index in [0.717, 1.165) is 0 Å². The Morgan fingerprint density at radius 1 is 0.360 bits per heavy atom. The molecule has 0 aliphatic heterocycles. The molecular weight excluding hydrogens is 410 g/mol. The van der Waals surface area contributed by atoms with Crippen molar-refractivity contribution in [3.05, 3.63) is 88.0 Å². The number of benzene rings is 3. The van der Waals surface area contributed by atoms with Crippen molar-refractivity contribution in [2.75, 3.05) is 0 Å². The molecule has 0 aliphatic carbocycles. The number of hydrogen-bond acceptors (Lipinski definition) is 0. The monoisotopic (exact) mass is 436 g/mol. The number of rotatable bonds is 3. The van der Waals surface area contributed by atoms with Crippen LogP contribution in [0.15, 0.2) is 54.6 Å². The van der Waals surface area contributed by atoms with Crippen LogP contribution >= 0.6 is 0 Å². The first-order chi connectivity index (χ1) is 11.8. The minimum absolute atomic E-state index is 1.37. The topological polar surface area (TPSA) is 0 Å². The van der Waals surface area contributed by atoms with Gasteiger partial charge in [0.1, 0.15) is 0 Å². The number of aryl methyl sites for hydroxylation is 6. The fraction of sp³-hybridized carbons (Fsp3) is 0.250. The van der Waals surface area contributed by atoms with E-state index in [2.05, 4.69) is 96.1 Å². The summed E-state index contributed by atoms with van der Waals surface area (Å²) in [6.07, 6.45) is 0. The van der Waals surface area contributed by atoms with Crippen molar-refractivity contribution in [2.45, 2.75) is 41.5 Å². The Bertz CT molecular complexity index is 738. The van der Waals surface area contributed by atoms with Gasteiger partial charge in [-0.3, -0.25) is 0 Å². The van der Waals surface area contributed by atoms with Crippen LogP contribution in [-0.2, 0) is 0 Å². The van der Waals surface area contributed by atoms with Crippen LogP contribution in [0, 0.1) is 41.5 Å². The van der Waals surface area contributed by atoms with Gasteiger partial charge in [-0.25, -0.2) is 0 Å². The summed E-state index contributed by atoms with van der Waals surface area (Å²) in [5.74, 6) is 0. The Hall–Kier alpha value is -1.52. The summed E-state index contributed by atoms with van der Waals surface area (Å²) in [5.41, 5.74) is 8.24. The molecule has 0 fully saturated rings. The second-order valence-electron chi connectivity index (χ2n) is 7.37. The van der Waals surface area contributed by atoms with Crippen molar-refractivity contribution in [1.29, 1.82) is 0 Å². The van der Waals surface area contributed by atoms with E-state index < -0.39 is 20.2 Å². The van der Waals surface area contributed by atoms with Crippen LogP contribution in [0.4, 0.5) is 0 Å². The zero-order valence-electron chi connectivity index (χ0n) is 16.1. The van der Waals surface area contributed by atoms with E-state index in [9.17, 15) is 0 Å². The Kier molecular flexibility index (Phi) is 5.40. The molecule has 0 N–H and O–H groups in total. The first kappa shape index (κ1) is 18.3. The van der Waals surface area contributed by atoms with Gasteiger partial charge in [0.2, 0.25) is 0 Å². The molecule has 25 heavy (non-hydrogen) atoms. The standard InChI is InChI=1S/3C8H9.Sb/c3*1-7-4-3-5-8(2)6-7;/h3*4-6H,1-2H3;. The van der Waals surface area contributed by atoms with E-state index >= 15 is 0 Å². The summed E-state index contributed by atoms with van der Waals surface area (Å²) in [5, 5.41) is 0. The fourth-order valence-electron chi connectivity index (χ4n) is 3.69. The van der Waals surface area contributed by atoms with Gasteiger partial charge in [-0.05, 0) is 0 Å². The molecule has 0 saturated heterocycles. The van der Waals surface area contributed by atoms with Gasteiger partial charge in [0, 0.05) is 0 Å². The summed E-state index contributed by atoms with van der Waals surface area (Å²) >= 11 is -2.04. The van der Waals surface area contributed by atoms with Crippen LogP contribution in [0.5, 0.6) is 0 Å². The van der Waals surface area contributed by atoms with E-state index in [1.165, 1.54) is 33.4 Å². The number of hydrogen-bond donors (Lipinski definition) is 0. The van der Waals surface area contributed by atoms with Crippen molar-refractivity contribution in [3.8, 4) is 0 Å². The predicted molar refractivity (Wildman–Crippen MR) is 112 cm³/mol. The van der Waals surface area contributed by atoms with Crippen LogP contribution in [0.3, 0.4) is 0 Å². The Morgan fingerprint density at radius 3 is 0.760 bits per heavy atom. The van der Waals surface area contributed by atoms with E-state index in [0.29, 0.717) is 0 Å². The average Bonchev–Trinajstić information content (AvgIpc) is 2.44. The van der Waals surface area contributed by atoms with Crippen LogP contribution in [0.25, 0.3) is 0 Å². The normalized spacial score (nSPS) is 11.2. The van der Waals surface area contributed by atoms with Gasteiger partial charge in [-0.1, -0.05) is 0 Å². The fourth-order valence-corrected chi connectivity index (χ4v) is 11.9. The molecule has 0 unspecified atom stereocenters. The average molecular weight is 437 g/mol. The van der Waals surface area contributed by atoms with Gasteiger partial charge in [-0.15, -0.1) is 0 Å². The molecule has 128 valence electrons. The molecule has 1 heteroatoms. The quantitative estimate of drug-likeness (QED) is 0.543. The zero-order chi connectivity index (χ0) is 18.1. The van der Waals surface area contributed by atoms with Gasteiger partial charge in [0.05, 0.1) is 0 Å². The Morgan fingerprint density at radius 2 is 0.560 bits per heavy atom. The molecule has 0 aliphatic rings. The summed E-state index contributed by atoms with van der Waals surface area (Å²) < 4.78 is 4.70. The Balaban J connectivity index is 2.27. The van der Waals surface area contributed by atoms with Gasteiger partial charge >= 0.3 is 160 Å². The van der Waals surface area contributed by atoms with Crippen molar-refractivity contribution in [2.24, 2.45) is 0 Å². The molecule has 3 aromatic carbocycles. The van der Waals surface area contributed by atoms with Crippen molar-refractivity contribution in [1.82, 2.24) is 0 Å². The molecule has 0 bridgehead atoms. The second-order valence-corrected chi connectivity index (χ2v) is 13.7. The van der Waals surface area contributed by atoms with Crippen LogP contribution < -0.4 is 10.5 Å². The van der Waals surface area contributed by atoms with Gasteiger partial charge in [-0.2, -0.15) is 0 Å². The van der Waals surface area contributed by atoms with E-state index in [1.807, 2.05) is 0 Å². The molecule has 3 rings (SSSR count). The molecule has 0 radical (unpaired) electrons.